The van der Waals surface area contributed by atoms with Crippen molar-refractivity contribution in [2.24, 2.45) is 5.92 Å². The highest BCUT2D eigenvalue weighted by Crippen LogP contribution is 2.22. The number of halogens is 1. The summed E-state index contributed by atoms with van der Waals surface area (Å²) >= 11 is 5.90. The Morgan fingerprint density at radius 1 is 1.47 bits per heavy atom. The maximum absolute atomic E-state index is 5.90. The number of benzene rings is 1. The number of hydrogen-bond acceptors (Lipinski definition) is 2. The second-order valence-electron chi connectivity index (χ2n) is 3.88. The van der Waals surface area contributed by atoms with Gasteiger partial charge >= 0.3 is 0 Å². The summed E-state index contributed by atoms with van der Waals surface area (Å²) in [5.41, 5.74) is 1.12. The molecule has 0 aliphatic heterocycles. The Hall–Kier alpha value is -0.730. The zero-order chi connectivity index (χ0) is 11.3. The smallest absolute Gasteiger partial charge is 0.123 e. The first kappa shape index (κ1) is 12.3. The summed E-state index contributed by atoms with van der Waals surface area (Å²) in [7, 11) is 1.95. The molecule has 0 aliphatic rings. The zero-order valence-electron chi connectivity index (χ0n) is 9.51. The highest BCUT2D eigenvalue weighted by atomic mass is 35.5. The second kappa shape index (κ2) is 5.99. The van der Waals surface area contributed by atoms with Crippen LogP contribution in [0.3, 0.4) is 0 Å². The van der Waals surface area contributed by atoms with E-state index in [2.05, 4.69) is 12.2 Å². The monoisotopic (exact) mass is 227 g/mol. The van der Waals surface area contributed by atoms with Gasteiger partial charge in [0.05, 0.1) is 6.61 Å². The van der Waals surface area contributed by atoms with Crippen LogP contribution in [0.1, 0.15) is 12.5 Å². The van der Waals surface area contributed by atoms with Crippen LogP contribution in [0.5, 0.6) is 5.75 Å². The van der Waals surface area contributed by atoms with Gasteiger partial charge in [0.15, 0.2) is 0 Å². The summed E-state index contributed by atoms with van der Waals surface area (Å²) in [4.78, 5) is 0. The van der Waals surface area contributed by atoms with Crippen molar-refractivity contribution in [2.75, 3.05) is 20.2 Å². The Kier molecular flexibility index (Phi) is 4.92. The van der Waals surface area contributed by atoms with Crippen LogP contribution in [0.4, 0.5) is 0 Å². The quantitative estimate of drug-likeness (QED) is 0.835. The lowest BCUT2D eigenvalue weighted by Crippen LogP contribution is -2.21. The molecule has 0 aromatic heterocycles. The average Bonchev–Trinajstić information content (AvgIpc) is 2.20. The first-order valence-corrected chi connectivity index (χ1v) is 5.55. The fourth-order valence-corrected chi connectivity index (χ4v) is 1.53. The van der Waals surface area contributed by atoms with E-state index in [1.54, 1.807) is 0 Å². The van der Waals surface area contributed by atoms with Crippen molar-refractivity contribution in [1.29, 1.82) is 0 Å². The number of hydrogen-bond donors (Lipinski definition) is 1. The van der Waals surface area contributed by atoms with Crippen LogP contribution in [0.15, 0.2) is 18.2 Å². The van der Waals surface area contributed by atoms with Gasteiger partial charge in [-0.3, -0.25) is 0 Å². The molecular formula is C12H18ClNO. The van der Waals surface area contributed by atoms with Crippen LogP contribution >= 0.6 is 11.6 Å². The molecule has 0 saturated heterocycles. The Morgan fingerprint density at radius 2 is 2.20 bits per heavy atom. The third-order valence-electron chi connectivity index (χ3n) is 2.23. The molecule has 1 rings (SSSR count). The van der Waals surface area contributed by atoms with Crippen molar-refractivity contribution in [3.05, 3.63) is 28.8 Å². The maximum Gasteiger partial charge on any atom is 0.123 e. The summed E-state index contributed by atoms with van der Waals surface area (Å²) < 4.78 is 5.71. The van der Waals surface area contributed by atoms with Crippen molar-refractivity contribution >= 4 is 11.6 Å². The minimum absolute atomic E-state index is 0.494. The van der Waals surface area contributed by atoms with E-state index in [0.29, 0.717) is 12.5 Å². The van der Waals surface area contributed by atoms with Gasteiger partial charge in [-0.15, -0.1) is 0 Å². The van der Waals surface area contributed by atoms with E-state index in [4.69, 9.17) is 16.3 Å². The standard InChI is InChI=1S/C12H18ClNO/c1-9(7-14-3)8-15-12-6-11(13)5-4-10(12)2/h4-6,9,14H,7-8H2,1-3H3. The van der Waals surface area contributed by atoms with Gasteiger partial charge in [0.1, 0.15) is 5.75 Å². The second-order valence-corrected chi connectivity index (χ2v) is 4.32. The Labute approximate surface area is 96.6 Å². The molecule has 1 aromatic rings. The molecule has 0 heterocycles. The minimum Gasteiger partial charge on any atom is -0.493 e. The molecule has 1 atom stereocenters. The number of aryl methyl sites for hydroxylation is 1. The molecule has 1 unspecified atom stereocenters. The molecule has 15 heavy (non-hydrogen) atoms. The predicted molar refractivity (Wildman–Crippen MR) is 64.8 cm³/mol. The normalized spacial score (nSPS) is 12.5. The van der Waals surface area contributed by atoms with E-state index in [-0.39, 0.29) is 0 Å². The summed E-state index contributed by atoms with van der Waals surface area (Å²) in [6.45, 7) is 5.84. The SMILES string of the molecule is CNCC(C)COc1cc(Cl)ccc1C. The molecule has 1 N–H and O–H groups in total. The third kappa shape index (κ3) is 4.10. The van der Waals surface area contributed by atoms with Gasteiger partial charge in [0.25, 0.3) is 0 Å². The topological polar surface area (TPSA) is 21.3 Å². The Bertz CT molecular complexity index is 314. The largest absolute Gasteiger partial charge is 0.493 e. The highest BCUT2D eigenvalue weighted by molar-refractivity contribution is 6.30. The van der Waals surface area contributed by atoms with Crippen LogP contribution in [-0.4, -0.2) is 20.2 Å². The molecule has 0 aliphatic carbocycles. The van der Waals surface area contributed by atoms with Gasteiger partial charge in [-0.1, -0.05) is 24.6 Å². The number of nitrogens with one attached hydrogen (secondary N) is 1. The lowest BCUT2D eigenvalue weighted by molar-refractivity contribution is 0.256. The molecule has 2 nitrogen and oxygen atoms in total. The molecule has 0 radical (unpaired) electrons. The first-order valence-electron chi connectivity index (χ1n) is 5.17. The number of rotatable bonds is 5. The van der Waals surface area contributed by atoms with Gasteiger partial charge in [-0.2, -0.15) is 0 Å². The van der Waals surface area contributed by atoms with E-state index in [9.17, 15) is 0 Å². The molecule has 0 bridgehead atoms. The van der Waals surface area contributed by atoms with Gasteiger partial charge in [0.2, 0.25) is 0 Å². The Morgan fingerprint density at radius 3 is 2.87 bits per heavy atom. The van der Waals surface area contributed by atoms with Gasteiger partial charge < -0.3 is 10.1 Å². The molecule has 3 heteroatoms. The van der Waals surface area contributed by atoms with Gasteiger partial charge in [-0.25, -0.2) is 0 Å². The molecule has 0 amide bonds. The van der Waals surface area contributed by atoms with Crippen LogP contribution in [0, 0.1) is 12.8 Å². The van der Waals surface area contributed by atoms with Crippen molar-refractivity contribution < 1.29 is 4.74 Å². The van der Waals surface area contributed by atoms with Gasteiger partial charge in [0, 0.05) is 17.5 Å². The van der Waals surface area contributed by atoms with Crippen molar-refractivity contribution in [1.82, 2.24) is 5.32 Å². The Balaban J connectivity index is 2.53. The third-order valence-corrected chi connectivity index (χ3v) is 2.46. The summed E-state index contributed by atoms with van der Waals surface area (Å²) in [6, 6.07) is 5.71. The summed E-state index contributed by atoms with van der Waals surface area (Å²) in [5.74, 6) is 1.37. The fraction of sp³-hybridized carbons (Fsp3) is 0.500. The van der Waals surface area contributed by atoms with E-state index >= 15 is 0 Å². The zero-order valence-corrected chi connectivity index (χ0v) is 10.3. The summed E-state index contributed by atoms with van der Waals surface area (Å²) in [5, 5.41) is 3.84. The summed E-state index contributed by atoms with van der Waals surface area (Å²) in [6.07, 6.45) is 0. The fourth-order valence-electron chi connectivity index (χ4n) is 1.37. The van der Waals surface area contributed by atoms with E-state index < -0.39 is 0 Å². The minimum atomic E-state index is 0.494. The van der Waals surface area contributed by atoms with E-state index in [1.165, 1.54) is 0 Å². The van der Waals surface area contributed by atoms with E-state index in [1.807, 2.05) is 32.2 Å². The van der Waals surface area contributed by atoms with Crippen LogP contribution < -0.4 is 10.1 Å². The first-order chi connectivity index (χ1) is 7.13. The van der Waals surface area contributed by atoms with Crippen LogP contribution in [0.25, 0.3) is 0 Å². The maximum atomic E-state index is 5.90. The molecule has 0 saturated carbocycles. The van der Waals surface area contributed by atoms with Crippen molar-refractivity contribution in [3.63, 3.8) is 0 Å². The molecule has 84 valence electrons. The molecule has 1 aromatic carbocycles. The highest BCUT2D eigenvalue weighted by Gasteiger charge is 2.04. The van der Waals surface area contributed by atoms with E-state index in [0.717, 1.165) is 22.9 Å². The lowest BCUT2D eigenvalue weighted by atomic mass is 10.2. The van der Waals surface area contributed by atoms with Crippen molar-refractivity contribution in [2.45, 2.75) is 13.8 Å². The average molecular weight is 228 g/mol. The lowest BCUT2D eigenvalue weighted by Gasteiger charge is -2.14. The molecule has 0 spiro atoms. The number of ether oxygens (including phenoxy) is 1. The predicted octanol–water partition coefficient (Wildman–Crippen LogP) is 2.88. The van der Waals surface area contributed by atoms with Crippen molar-refractivity contribution in [3.8, 4) is 5.75 Å². The molecular weight excluding hydrogens is 210 g/mol. The van der Waals surface area contributed by atoms with Crippen LogP contribution in [-0.2, 0) is 0 Å². The van der Waals surface area contributed by atoms with Gasteiger partial charge in [-0.05, 0) is 31.7 Å². The van der Waals surface area contributed by atoms with Crippen LogP contribution in [0.2, 0.25) is 5.02 Å². The molecule has 0 fully saturated rings.